The van der Waals surface area contributed by atoms with Crippen molar-refractivity contribution >= 4 is 97.7 Å². The number of rotatable bonds is 27. The minimum atomic E-state index is -1.46. The van der Waals surface area contributed by atoms with Gasteiger partial charge in [0, 0.05) is 62.9 Å². The number of anilines is 1. The van der Waals surface area contributed by atoms with Crippen LogP contribution in [0.4, 0.5) is 5.95 Å². The zero-order chi connectivity index (χ0) is 61.3. The quantitative estimate of drug-likeness (QED) is 0.0187. The van der Waals surface area contributed by atoms with Gasteiger partial charge in [0.1, 0.15) is 46.9 Å². The molecule has 1 aliphatic heterocycles. The fraction of sp³-hybridized carbons (Fsp3) is 0.418. The van der Waals surface area contributed by atoms with Crippen molar-refractivity contribution in [3.05, 3.63) is 87.1 Å². The van der Waals surface area contributed by atoms with Gasteiger partial charge in [0.2, 0.25) is 47.2 Å². The van der Waals surface area contributed by atoms with Gasteiger partial charge in [-0.3, -0.25) is 58.0 Å². The molecular formula is C55H65N13O15S. The summed E-state index contributed by atoms with van der Waals surface area (Å²) in [5.41, 5.74) is 13.9. The van der Waals surface area contributed by atoms with Crippen molar-refractivity contribution in [2.45, 2.75) is 112 Å². The number of carbonyl (C=O) groups excluding carboxylic acids is 9. The highest BCUT2D eigenvalue weighted by molar-refractivity contribution is 7.16. The van der Waals surface area contributed by atoms with Gasteiger partial charge in [-0.15, -0.1) is 0 Å². The van der Waals surface area contributed by atoms with E-state index in [4.69, 9.17) is 35.1 Å². The van der Waals surface area contributed by atoms with Gasteiger partial charge >= 0.3 is 11.9 Å². The Balaban J connectivity index is 1.11. The minimum absolute atomic E-state index is 0.00141. The van der Waals surface area contributed by atoms with Gasteiger partial charge in [0.05, 0.1) is 41.9 Å². The fourth-order valence-corrected chi connectivity index (χ4v) is 10.3. The molecule has 3 atom stereocenters. The van der Waals surface area contributed by atoms with Crippen LogP contribution in [0.3, 0.4) is 0 Å². The number of fused-ring (bicyclic) bond motifs is 2. The third-order valence-electron chi connectivity index (χ3n) is 13.5. The van der Waals surface area contributed by atoms with E-state index in [0.717, 1.165) is 16.2 Å². The van der Waals surface area contributed by atoms with Gasteiger partial charge in [-0.1, -0.05) is 44.3 Å². The average Bonchev–Trinajstić information content (AvgIpc) is 3.12. The summed E-state index contributed by atoms with van der Waals surface area (Å²) in [6, 6.07) is 4.75. The summed E-state index contributed by atoms with van der Waals surface area (Å²) in [5.74, 6) is -8.00. The van der Waals surface area contributed by atoms with Gasteiger partial charge in [-0.05, 0) is 69.9 Å². The largest absolute Gasteiger partial charge is 0.494 e. The molecule has 1 saturated heterocycles. The zero-order valence-corrected chi connectivity index (χ0v) is 48.2. The number of aliphatic carboxylic acids is 1. The van der Waals surface area contributed by atoms with Crippen LogP contribution in [0.5, 0.6) is 11.5 Å². The molecule has 446 valence electrons. The number of carboxylic acid groups (broad SMARTS) is 1. The summed E-state index contributed by atoms with van der Waals surface area (Å²) in [5, 5.41) is 21.3. The van der Waals surface area contributed by atoms with Gasteiger partial charge in [-0.25, -0.2) is 14.8 Å². The minimum Gasteiger partial charge on any atom is -0.494 e. The number of carbonyl (C=O) groups is 10. The Morgan fingerprint density at radius 1 is 0.905 bits per heavy atom. The van der Waals surface area contributed by atoms with Crippen LogP contribution in [0.15, 0.2) is 51.9 Å². The molecule has 8 amide bonds. The number of ether oxygens (including phenoxy) is 3. The number of carboxylic acids is 1. The van der Waals surface area contributed by atoms with Crippen LogP contribution in [-0.2, 0) is 59.6 Å². The normalized spacial score (nSPS) is 14.4. The molecule has 1 unspecified atom stereocenters. The van der Waals surface area contributed by atoms with Crippen molar-refractivity contribution in [3.8, 4) is 11.5 Å². The monoisotopic (exact) mass is 1180 g/mol. The number of nitrogens with one attached hydrogen (secondary N) is 3. The molecule has 0 spiro atoms. The molecule has 4 aromatic heterocycles. The predicted molar refractivity (Wildman–Crippen MR) is 301 cm³/mol. The molecule has 7 rings (SSSR count). The van der Waals surface area contributed by atoms with Crippen molar-refractivity contribution in [1.82, 2.24) is 44.4 Å². The number of amides is 8. The maximum atomic E-state index is 13.9. The van der Waals surface area contributed by atoms with E-state index < -0.39 is 90.2 Å². The highest BCUT2D eigenvalue weighted by Crippen LogP contribution is 2.33. The number of allylic oxidation sites excluding steroid dienone is 2. The second kappa shape index (κ2) is 27.0. The summed E-state index contributed by atoms with van der Waals surface area (Å²) in [4.78, 5) is 144. The van der Waals surface area contributed by atoms with Crippen LogP contribution in [0, 0.1) is 25.7 Å². The number of imidazole rings is 1. The number of aromatic nitrogens is 6. The maximum Gasteiger partial charge on any atom is 0.328 e. The summed E-state index contributed by atoms with van der Waals surface area (Å²) < 4.78 is 28.5. The number of methoxy groups -OCH3 is 1. The number of likely N-dealkylation sites (tertiary alicyclic amines) is 1. The molecule has 0 aliphatic carbocycles. The first-order valence-electron chi connectivity index (χ1n) is 26.8. The first-order valence-corrected chi connectivity index (χ1v) is 27.6. The Kier molecular flexibility index (Phi) is 20.0. The highest BCUT2D eigenvalue weighted by atomic mass is 32.1. The lowest BCUT2D eigenvalue weighted by molar-refractivity contribution is -0.148. The number of aryl methyl sites for hydroxylation is 4. The smallest absolute Gasteiger partial charge is 0.328 e. The molecule has 0 saturated carbocycles. The van der Waals surface area contributed by atoms with Gasteiger partial charge < -0.3 is 55.0 Å². The number of imide groups is 1. The van der Waals surface area contributed by atoms with Crippen LogP contribution in [0.25, 0.3) is 21.3 Å². The van der Waals surface area contributed by atoms with Gasteiger partial charge in [0.15, 0.2) is 10.7 Å². The first kappa shape index (κ1) is 62.1. The number of esters is 1. The Labute approximate surface area is 483 Å². The second-order valence-corrected chi connectivity index (χ2v) is 20.9. The van der Waals surface area contributed by atoms with E-state index in [2.05, 4.69) is 31.0 Å². The lowest BCUT2D eigenvalue weighted by atomic mass is 9.94. The number of hydrogen-bond acceptors (Lipinski definition) is 18. The Morgan fingerprint density at radius 2 is 1.60 bits per heavy atom. The number of primary amides is 2. The number of nitrogens with two attached hydrogens (primary N) is 2. The lowest BCUT2D eigenvalue weighted by Crippen LogP contribution is -2.53. The van der Waals surface area contributed by atoms with Crippen LogP contribution in [0.2, 0.25) is 0 Å². The summed E-state index contributed by atoms with van der Waals surface area (Å²) in [6.07, 6.45) is 2.92. The molecule has 28 nitrogen and oxygen atoms in total. The van der Waals surface area contributed by atoms with E-state index >= 15 is 0 Å². The Morgan fingerprint density at radius 3 is 2.24 bits per heavy atom. The van der Waals surface area contributed by atoms with Crippen LogP contribution in [-0.4, -0.2) is 137 Å². The topological polar surface area (TPSA) is 389 Å². The molecule has 0 radical (unpaired) electrons. The summed E-state index contributed by atoms with van der Waals surface area (Å²) >= 11 is 1.13. The van der Waals surface area contributed by atoms with Crippen molar-refractivity contribution in [2.75, 3.05) is 32.2 Å². The zero-order valence-electron chi connectivity index (χ0n) is 47.4. The van der Waals surface area contributed by atoms with E-state index in [1.807, 2.05) is 6.92 Å². The molecule has 1 fully saturated rings. The fourth-order valence-electron chi connectivity index (χ4n) is 9.22. The van der Waals surface area contributed by atoms with E-state index in [1.165, 1.54) is 32.2 Å². The number of thiazole rings is 1. The lowest BCUT2D eigenvalue weighted by Gasteiger charge is -2.22. The van der Waals surface area contributed by atoms with Crippen molar-refractivity contribution in [3.63, 3.8) is 0 Å². The van der Waals surface area contributed by atoms with E-state index in [0.29, 0.717) is 40.1 Å². The SMILES string of the molecule is CCc1nc(C)oc1C(=O)Nc1nc2cc(C(N)=O)cc(OCCCOC(=O)[C@H](C)NC(=O)[C@H](CCC(=O)O)NC(=O)CN3C(=O)CC(C(C)C)C3=O)c2n1C/C=C/Cn1/c(=N/C(=O)c2cc(C)nn2CC)sc2cc(C(N)=O)cc(OC)c21. The molecular weight excluding hydrogens is 1110 g/mol. The van der Waals surface area contributed by atoms with E-state index in [1.54, 1.807) is 72.7 Å². The van der Waals surface area contributed by atoms with E-state index in [9.17, 15) is 53.1 Å². The van der Waals surface area contributed by atoms with E-state index in [-0.39, 0.29) is 108 Å². The van der Waals surface area contributed by atoms with Crippen LogP contribution < -0.4 is 41.7 Å². The van der Waals surface area contributed by atoms with Crippen LogP contribution in [0.1, 0.15) is 119 Å². The molecule has 0 bridgehead atoms. The number of nitrogens with zero attached hydrogens (tertiary/aromatic N) is 8. The number of benzene rings is 2. The maximum absolute atomic E-state index is 13.9. The number of hydrogen-bond donors (Lipinski definition) is 6. The molecule has 84 heavy (non-hydrogen) atoms. The van der Waals surface area contributed by atoms with Gasteiger partial charge in [-0.2, -0.15) is 10.1 Å². The summed E-state index contributed by atoms with van der Waals surface area (Å²) in [6.45, 7) is 11.3. The first-order chi connectivity index (χ1) is 39.9. The molecule has 5 heterocycles. The molecule has 29 heteroatoms. The average molecular weight is 1180 g/mol. The van der Waals surface area contributed by atoms with Crippen molar-refractivity contribution in [2.24, 2.45) is 28.3 Å². The highest BCUT2D eigenvalue weighted by Gasteiger charge is 2.41. The molecule has 6 aromatic rings. The van der Waals surface area contributed by atoms with Gasteiger partial charge in [0.25, 0.3) is 11.8 Å². The third kappa shape index (κ3) is 14.4. The summed E-state index contributed by atoms with van der Waals surface area (Å²) in [7, 11) is 1.43. The standard InChI is InChI=1S/C55H65N13O15S/c1-9-34-46(83-30(7)59-34)51(77)62-54-61-36-21-31(47(56)73)23-39(81-18-13-19-82-53(79)29(6)58-49(75)35(14-15-43(71)72)60-41(69)26-67-42(70)25-33(27(3)4)52(67)78)44(36)65(54)16-11-12-17-66-45-38(80-8)22-32(48(57)74)24-40(45)84-55(66)63-50(76)37-20-28(5)64-68(37)10-2/h11-12,20-24,27,29,33,35H,9-10,13-19,25-26H2,1-8H3,(H2,56,73)(H2,57,74)(H,58,75)(H,60,69)(H,71,72)(H,61,62,77)/b12-11+,63-55-/t29-,33?,35-/m0/s1. The Bertz CT molecular complexity index is 3700. The second-order valence-electron chi connectivity index (χ2n) is 19.9. The molecule has 2 aromatic carbocycles. The van der Waals surface area contributed by atoms with Crippen molar-refractivity contribution in [1.29, 1.82) is 0 Å². The van der Waals surface area contributed by atoms with Crippen LogP contribution >= 0.6 is 11.3 Å². The molecule has 8 N–H and O–H groups in total. The number of oxazole rings is 1. The predicted octanol–water partition coefficient (Wildman–Crippen LogP) is 3.09. The Hall–Kier alpha value is -9.54. The third-order valence-corrected chi connectivity index (χ3v) is 14.5. The van der Waals surface area contributed by atoms with Crippen molar-refractivity contribution < 1.29 is 71.7 Å². The molecule has 1 aliphatic rings.